The van der Waals surface area contributed by atoms with E-state index in [2.05, 4.69) is 5.32 Å². The molecule has 1 heterocycles. The van der Waals surface area contributed by atoms with Crippen molar-refractivity contribution < 1.29 is 9.59 Å². The van der Waals surface area contributed by atoms with E-state index in [9.17, 15) is 9.59 Å². The SMILES string of the molecule is Cc1cc(N2CCC(C(=O)Nc3ccccc3Cl)C2=O)ccc1Cl. The summed E-state index contributed by atoms with van der Waals surface area (Å²) in [5.41, 5.74) is 2.17. The van der Waals surface area contributed by atoms with Gasteiger partial charge in [-0.05, 0) is 49.2 Å². The lowest BCUT2D eigenvalue weighted by Gasteiger charge is -2.18. The number of hydrogen-bond donors (Lipinski definition) is 1. The zero-order valence-corrected chi connectivity index (χ0v) is 14.6. The maximum Gasteiger partial charge on any atom is 0.239 e. The van der Waals surface area contributed by atoms with Crippen molar-refractivity contribution in [3.63, 3.8) is 0 Å². The average molecular weight is 363 g/mol. The number of carbonyl (C=O) groups excluding carboxylic acids is 2. The fourth-order valence-corrected chi connectivity index (χ4v) is 3.06. The van der Waals surface area contributed by atoms with Crippen molar-refractivity contribution in [1.29, 1.82) is 0 Å². The second kappa shape index (κ2) is 6.83. The first-order valence-electron chi connectivity index (χ1n) is 7.60. The van der Waals surface area contributed by atoms with E-state index in [-0.39, 0.29) is 11.8 Å². The van der Waals surface area contributed by atoms with Gasteiger partial charge in [0.1, 0.15) is 5.92 Å². The Hall–Kier alpha value is -2.04. The molecule has 1 N–H and O–H groups in total. The zero-order valence-electron chi connectivity index (χ0n) is 13.1. The van der Waals surface area contributed by atoms with Crippen LogP contribution in [0.25, 0.3) is 0 Å². The Morgan fingerprint density at radius 3 is 2.62 bits per heavy atom. The molecule has 1 fully saturated rings. The van der Waals surface area contributed by atoms with E-state index in [0.29, 0.717) is 28.7 Å². The summed E-state index contributed by atoms with van der Waals surface area (Å²) < 4.78 is 0. The quantitative estimate of drug-likeness (QED) is 0.827. The molecule has 6 heteroatoms. The van der Waals surface area contributed by atoms with Gasteiger partial charge in [0.15, 0.2) is 0 Å². The monoisotopic (exact) mass is 362 g/mol. The predicted octanol–water partition coefficient (Wildman–Crippen LogP) is 4.29. The molecule has 0 aromatic heterocycles. The molecule has 124 valence electrons. The average Bonchev–Trinajstić information content (AvgIpc) is 2.94. The number of nitrogens with zero attached hydrogens (tertiary/aromatic N) is 1. The predicted molar refractivity (Wildman–Crippen MR) is 96.7 cm³/mol. The number of nitrogens with one attached hydrogen (secondary N) is 1. The molecule has 0 aliphatic carbocycles. The lowest BCUT2D eigenvalue weighted by molar-refractivity contribution is -0.129. The molecule has 1 saturated heterocycles. The number of halogens is 2. The number of rotatable bonds is 3. The highest BCUT2D eigenvalue weighted by molar-refractivity contribution is 6.34. The maximum absolute atomic E-state index is 12.6. The molecule has 2 amide bonds. The minimum Gasteiger partial charge on any atom is -0.324 e. The van der Waals surface area contributed by atoms with Gasteiger partial charge >= 0.3 is 0 Å². The van der Waals surface area contributed by atoms with Crippen LogP contribution in [0.2, 0.25) is 10.0 Å². The van der Waals surface area contributed by atoms with Crippen LogP contribution in [0.15, 0.2) is 42.5 Å². The number of benzene rings is 2. The van der Waals surface area contributed by atoms with Crippen LogP contribution in [0.5, 0.6) is 0 Å². The van der Waals surface area contributed by atoms with Crippen molar-refractivity contribution in [2.45, 2.75) is 13.3 Å². The molecule has 2 aromatic carbocycles. The van der Waals surface area contributed by atoms with E-state index in [1.807, 2.05) is 13.0 Å². The minimum absolute atomic E-state index is 0.207. The summed E-state index contributed by atoms with van der Waals surface area (Å²) in [6.07, 6.45) is 0.469. The number of para-hydroxylation sites is 1. The van der Waals surface area contributed by atoms with Crippen molar-refractivity contribution >= 4 is 46.4 Å². The highest BCUT2D eigenvalue weighted by atomic mass is 35.5. The lowest BCUT2D eigenvalue weighted by atomic mass is 10.1. The van der Waals surface area contributed by atoms with E-state index in [0.717, 1.165) is 11.3 Å². The zero-order chi connectivity index (χ0) is 17.3. The lowest BCUT2D eigenvalue weighted by Crippen LogP contribution is -2.33. The number of amides is 2. The topological polar surface area (TPSA) is 49.4 Å². The van der Waals surface area contributed by atoms with Gasteiger partial charge in [-0.15, -0.1) is 0 Å². The molecule has 0 spiro atoms. The van der Waals surface area contributed by atoms with E-state index in [1.165, 1.54) is 0 Å². The smallest absolute Gasteiger partial charge is 0.239 e. The van der Waals surface area contributed by atoms with Crippen LogP contribution < -0.4 is 10.2 Å². The Balaban J connectivity index is 1.75. The standard InChI is InChI=1S/C18H16Cl2N2O2/c1-11-10-12(6-7-14(11)19)22-9-8-13(18(22)24)17(23)21-16-5-3-2-4-15(16)20/h2-7,10,13H,8-9H2,1H3,(H,21,23). The van der Waals surface area contributed by atoms with Crippen LogP contribution in [0, 0.1) is 12.8 Å². The van der Waals surface area contributed by atoms with Gasteiger partial charge < -0.3 is 10.2 Å². The number of hydrogen-bond acceptors (Lipinski definition) is 2. The maximum atomic E-state index is 12.6. The third-order valence-corrected chi connectivity index (χ3v) is 4.86. The summed E-state index contributed by atoms with van der Waals surface area (Å²) in [6, 6.07) is 12.4. The second-order valence-corrected chi connectivity index (χ2v) is 6.55. The van der Waals surface area contributed by atoms with Crippen LogP contribution in [0.1, 0.15) is 12.0 Å². The van der Waals surface area contributed by atoms with Crippen molar-refractivity contribution in [3.8, 4) is 0 Å². The van der Waals surface area contributed by atoms with Gasteiger partial charge in [-0.1, -0.05) is 35.3 Å². The highest BCUT2D eigenvalue weighted by Gasteiger charge is 2.37. The molecular weight excluding hydrogens is 347 g/mol. The third kappa shape index (κ3) is 3.25. The molecule has 1 unspecified atom stereocenters. The van der Waals surface area contributed by atoms with Crippen molar-refractivity contribution in [2.24, 2.45) is 5.92 Å². The van der Waals surface area contributed by atoms with Crippen molar-refractivity contribution in [2.75, 3.05) is 16.8 Å². The summed E-state index contributed by atoms with van der Waals surface area (Å²) >= 11 is 12.1. The molecule has 24 heavy (non-hydrogen) atoms. The van der Waals surface area contributed by atoms with Gasteiger partial charge in [0.2, 0.25) is 11.8 Å². The van der Waals surface area contributed by atoms with Gasteiger partial charge in [-0.25, -0.2) is 0 Å². The largest absolute Gasteiger partial charge is 0.324 e. The molecule has 2 aromatic rings. The Bertz CT molecular complexity index is 807. The summed E-state index contributed by atoms with van der Waals surface area (Å²) in [6.45, 7) is 2.38. The number of aryl methyl sites for hydroxylation is 1. The second-order valence-electron chi connectivity index (χ2n) is 5.73. The normalized spacial score (nSPS) is 17.2. The van der Waals surface area contributed by atoms with E-state index < -0.39 is 5.92 Å². The number of anilines is 2. The summed E-state index contributed by atoms with van der Waals surface area (Å²) in [5, 5.41) is 3.83. The van der Waals surface area contributed by atoms with Crippen molar-refractivity contribution in [3.05, 3.63) is 58.1 Å². The van der Waals surface area contributed by atoms with Crippen LogP contribution in [0.4, 0.5) is 11.4 Å². The van der Waals surface area contributed by atoms with Crippen LogP contribution in [0.3, 0.4) is 0 Å². The first-order chi connectivity index (χ1) is 11.5. The van der Waals surface area contributed by atoms with Crippen LogP contribution in [-0.2, 0) is 9.59 Å². The molecule has 1 atom stereocenters. The number of carbonyl (C=O) groups is 2. The third-order valence-electron chi connectivity index (χ3n) is 4.11. The van der Waals surface area contributed by atoms with E-state index >= 15 is 0 Å². The molecule has 1 aliphatic rings. The molecule has 0 bridgehead atoms. The Morgan fingerprint density at radius 1 is 1.17 bits per heavy atom. The van der Waals surface area contributed by atoms with Crippen molar-refractivity contribution in [1.82, 2.24) is 0 Å². The first-order valence-corrected chi connectivity index (χ1v) is 8.36. The molecule has 0 radical (unpaired) electrons. The Kier molecular flexibility index (Phi) is 4.78. The van der Waals surface area contributed by atoms with Gasteiger partial charge in [0.05, 0.1) is 10.7 Å². The van der Waals surface area contributed by atoms with Gasteiger partial charge in [0, 0.05) is 17.3 Å². The minimum atomic E-state index is -0.711. The fourth-order valence-electron chi connectivity index (χ4n) is 2.76. The molecule has 1 aliphatic heterocycles. The Morgan fingerprint density at radius 2 is 1.92 bits per heavy atom. The van der Waals surface area contributed by atoms with E-state index in [4.69, 9.17) is 23.2 Å². The molecule has 4 nitrogen and oxygen atoms in total. The van der Waals surface area contributed by atoms with Crippen LogP contribution in [-0.4, -0.2) is 18.4 Å². The van der Waals surface area contributed by atoms with Gasteiger partial charge in [-0.3, -0.25) is 9.59 Å². The Labute approximate surface area is 150 Å². The first kappa shape index (κ1) is 16.8. The van der Waals surface area contributed by atoms with E-state index in [1.54, 1.807) is 41.3 Å². The summed E-state index contributed by atoms with van der Waals surface area (Å²) in [7, 11) is 0. The molecule has 0 saturated carbocycles. The van der Waals surface area contributed by atoms with Gasteiger partial charge in [0.25, 0.3) is 0 Å². The highest BCUT2D eigenvalue weighted by Crippen LogP contribution is 2.29. The summed E-state index contributed by atoms with van der Waals surface area (Å²) in [4.78, 5) is 26.7. The van der Waals surface area contributed by atoms with Crippen LogP contribution >= 0.6 is 23.2 Å². The molecular formula is C18H16Cl2N2O2. The van der Waals surface area contributed by atoms with Gasteiger partial charge in [-0.2, -0.15) is 0 Å². The summed E-state index contributed by atoms with van der Waals surface area (Å²) in [5.74, 6) is -1.25. The fraction of sp³-hybridized carbons (Fsp3) is 0.222. The molecule has 3 rings (SSSR count).